The van der Waals surface area contributed by atoms with E-state index < -0.39 is 0 Å². The second kappa shape index (κ2) is 3.71. The number of nitrogens with zero attached hydrogens (tertiary/aromatic N) is 1. The third-order valence-electron chi connectivity index (χ3n) is 1.96. The third-order valence-corrected chi connectivity index (χ3v) is 3.91. The highest BCUT2D eigenvalue weighted by Gasteiger charge is 2.14. The van der Waals surface area contributed by atoms with Crippen LogP contribution >= 0.6 is 22.7 Å². The lowest BCUT2D eigenvalue weighted by molar-refractivity contribution is 0.837. The van der Waals surface area contributed by atoms with Crippen molar-refractivity contribution in [3.05, 3.63) is 23.2 Å². The average molecular weight is 224 g/mol. The molecule has 0 aliphatic rings. The smallest absolute Gasteiger partial charge is 0.180 e. The van der Waals surface area contributed by atoms with Crippen LogP contribution < -0.4 is 5.73 Å². The van der Waals surface area contributed by atoms with E-state index in [4.69, 9.17) is 5.73 Å². The first-order valence-electron chi connectivity index (χ1n) is 4.48. The molecule has 0 radical (unpaired) electrons. The Labute approximate surface area is 91.4 Å². The van der Waals surface area contributed by atoms with Crippen molar-refractivity contribution in [2.45, 2.75) is 19.8 Å². The van der Waals surface area contributed by atoms with Gasteiger partial charge in [0, 0.05) is 4.88 Å². The first-order chi connectivity index (χ1) is 6.68. The lowest BCUT2D eigenvalue weighted by Gasteiger charge is -2.02. The largest absolute Gasteiger partial charge is 0.375 e. The monoisotopic (exact) mass is 224 g/mol. The van der Waals surface area contributed by atoms with Gasteiger partial charge in [-0.1, -0.05) is 31.3 Å². The number of rotatable bonds is 2. The molecule has 2 nitrogen and oxygen atoms in total. The zero-order valence-corrected chi connectivity index (χ0v) is 9.78. The second-order valence-corrected chi connectivity index (χ2v) is 5.38. The fourth-order valence-electron chi connectivity index (χ4n) is 1.32. The molecule has 2 aromatic rings. The van der Waals surface area contributed by atoms with Gasteiger partial charge in [-0.05, 0) is 17.4 Å². The maximum atomic E-state index is 5.74. The molecule has 14 heavy (non-hydrogen) atoms. The van der Waals surface area contributed by atoms with Crippen LogP contribution in [0.5, 0.6) is 0 Å². The van der Waals surface area contributed by atoms with E-state index in [1.54, 1.807) is 22.7 Å². The minimum absolute atomic E-state index is 0.431. The summed E-state index contributed by atoms with van der Waals surface area (Å²) in [6.45, 7) is 4.29. The van der Waals surface area contributed by atoms with Gasteiger partial charge >= 0.3 is 0 Å². The van der Waals surface area contributed by atoms with Crippen molar-refractivity contribution in [3.63, 3.8) is 0 Å². The van der Waals surface area contributed by atoms with Gasteiger partial charge in [0.25, 0.3) is 0 Å². The van der Waals surface area contributed by atoms with Gasteiger partial charge in [0.1, 0.15) is 0 Å². The Bertz CT molecular complexity index is 415. The Balaban J connectivity index is 2.52. The molecular weight excluding hydrogens is 212 g/mol. The van der Waals surface area contributed by atoms with Crippen LogP contribution in [0.2, 0.25) is 0 Å². The maximum absolute atomic E-state index is 5.74. The zero-order chi connectivity index (χ0) is 10.1. The lowest BCUT2D eigenvalue weighted by atomic mass is 10.1. The van der Waals surface area contributed by atoms with E-state index in [9.17, 15) is 0 Å². The topological polar surface area (TPSA) is 38.9 Å². The number of nitrogen functional groups attached to an aromatic ring is 1. The van der Waals surface area contributed by atoms with E-state index in [-0.39, 0.29) is 0 Å². The number of aromatic nitrogens is 1. The summed E-state index contributed by atoms with van der Waals surface area (Å²) in [4.78, 5) is 6.86. The summed E-state index contributed by atoms with van der Waals surface area (Å²) in [6.07, 6.45) is 0. The molecule has 0 aliphatic carbocycles. The standard InChI is InChI=1S/C10H12N2S2/c1-6(2)8-9(14-10(11)12-8)7-4-3-5-13-7/h3-6H,1-2H3,(H2,11,12). The van der Waals surface area contributed by atoms with Gasteiger partial charge in [-0.3, -0.25) is 0 Å². The minimum atomic E-state index is 0.431. The van der Waals surface area contributed by atoms with Crippen LogP contribution in [0.1, 0.15) is 25.5 Å². The van der Waals surface area contributed by atoms with E-state index in [0.29, 0.717) is 11.0 Å². The summed E-state index contributed by atoms with van der Waals surface area (Å²) in [5, 5.41) is 2.74. The molecule has 0 aliphatic heterocycles. The van der Waals surface area contributed by atoms with Crippen molar-refractivity contribution in [1.82, 2.24) is 4.98 Å². The van der Waals surface area contributed by atoms with Gasteiger partial charge in [0.05, 0.1) is 10.6 Å². The predicted octanol–water partition coefficient (Wildman–Crippen LogP) is 3.58. The molecule has 2 heterocycles. The van der Waals surface area contributed by atoms with Crippen LogP contribution in [0.15, 0.2) is 17.5 Å². The van der Waals surface area contributed by atoms with Gasteiger partial charge in [0.15, 0.2) is 5.13 Å². The molecule has 74 valence electrons. The number of hydrogen-bond donors (Lipinski definition) is 1. The Morgan fingerprint density at radius 2 is 2.21 bits per heavy atom. The molecule has 2 N–H and O–H groups in total. The summed E-state index contributed by atoms with van der Waals surface area (Å²) < 4.78 is 0. The number of thiophene rings is 1. The molecule has 0 fully saturated rings. The molecule has 0 spiro atoms. The Morgan fingerprint density at radius 1 is 1.43 bits per heavy atom. The molecule has 2 aromatic heterocycles. The molecular formula is C10H12N2S2. The predicted molar refractivity (Wildman–Crippen MR) is 63.9 cm³/mol. The average Bonchev–Trinajstić information content (AvgIpc) is 2.70. The van der Waals surface area contributed by atoms with Crippen LogP contribution in [0.3, 0.4) is 0 Å². The van der Waals surface area contributed by atoms with Gasteiger partial charge in [-0.25, -0.2) is 4.98 Å². The second-order valence-electron chi connectivity index (χ2n) is 3.40. The molecule has 0 saturated carbocycles. The van der Waals surface area contributed by atoms with Crippen LogP contribution in [0.4, 0.5) is 5.13 Å². The van der Waals surface area contributed by atoms with Gasteiger partial charge in [-0.15, -0.1) is 11.3 Å². The van der Waals surface area contributed by atoms with Gasteiger partial charge in [-0.2, -0.15) is 0 Å². The quantitative estimate of drug-likeness (QED) is 0.846. The number of hydrogen-bond acceptors (Lipinski definition) is 4. The van der Waals surface area contributed by atoms with E-state index in [2.05, 4.69) is 36.3 Å². The van der Waals surface area contributed by atoms with E-state index in [0.717, 1.165) is 5.69 Å². The van der Waals surface area contributed by atoms with Crippen LogP contribution in [0.25, 0.3) is 9.75 Å². The van der Waals surface area contributed by atoms with Crippen LogP contribution in [-0.2, 0) is 0 Å². The summed E-state index contributed by atoms with van der Waals surface area (Å²) >= 11 is 3.31. The molecule has 0 atom stereocenters. The summed E-state index contributed by atoms with van der Waals surface area (Å²) in [7, 11) is 0. The molecule has 0 saturated heterocycles. The Kier molecular flexibility index (Phi) is 2.56. The normalized spacial score (nSPS) is 11.1. The zero-order valence-electron chi connectivity index (χ0n) is 8.15. The molecule has 0 unspecified atom stereocenters. The SMILES string of the molecule is CC(C)c1nc(N)sc1-c1cccs1. The van der Waals surface area contributed by atoms with E-state index in [1.807, 2.05) is 0 Å². The van der Waals surface area contributed by atoms with Crippen molar-refractivity contribution in [2.75, 3.05) is 5.73 Å². The first kappa shape index (κ1) is 9.68. The van der Waals surface area contributed by atoms with Crippen LogP contribution in [-0.4, -0.2) is 4.98 Å². The van der Waals surface area contributed by atoms with Crippen molar-refractivity contribution < 1.29 is 0 Å². The van der Waals surface area contributed by atoms with Crippen molar-refractivity contribution in [3.8, 4) is 9.75 Å². The fraction of sp³-hybridized carbons (Fsp3) is 0.300. The third kappa shape index (κ3) is 1.67. The number of thiazole rings is 1. The highest BCUT2D eigenvalue weighted by Crippen LogP contribution is 2.37. The Morgan fingerprint density at radius 3 is 2.79 bits per heavy atom. The molecule has 0 amide bonds. The number of anilines is 1. The highest BCUT2D eigenvalue weighted by atomic mass is 32.1. The van der Waals surface area contributed by atoms with Crippen LogP contribution in [0, 0.1) is 0 Å². The minimum Gasteiger partial charge on any atom is -0.375 e. The molecule has 0 aromatic carbocycles. The van der Waals surface area contributed by atoms with Crippen molar-refractivity contribution in [2.24, 2.45) is 0 Å². The van der Waals surface area contributed by atoms with Crippen molar-refractivity contribution >= 4 is 27.8 Å². The maximum Gasteiger partial charge on any atom is 0.180 e. The highest BCUT2D eigenvalue weighted by molar-refractivity contribution is 7.23. The number of nitrogens with two attached hydrogens (primary N) is 1. The molecule has 0 bridgehead atoms. The Hall–Kier alpha value is -0.870. The molecule has 2 rings (SSSR count). The first-order valence-corrected chi connectivity index (χ1v) is 6.18. The molecule has 4 heteroatoms. The van der Waals surface area contributed by atoms with E-state index in [1.165, 1.54) is 9.75 Å². The van der Waals surface area contributed by atoms with E-state index >= 15 is 0 Å². The lowest BCUT2D eigenvalue weighted by Crippen LogP contribution is -1.90. The summed E-state index contributed by atoms with van der Waals surface area (Å²) in [5.41, 5.74) is 6.86. The van der Waals surface area contributed by atoms with Crippen molar-refractivity contribution in [1.29, 1.82) is 0 Å². The fourth-order valence-corrected chi connectivity index (χ4v) is 3.17. The summed E-state index contributed by atoms with van der Waals surface area (Å²) in [6, 6.07) is 4.17. The summed E-state index contributed by atoms with van der Waals surface area (Å²) in [5.74, 6) is 0.431. The van der Waals surface area contributed by atoms with Gasteiger partial charge < -0.3 is 5.73 Å². The van der Waals surface area contributed by atoms with Gasteiger partial charge in [0.2, 0.25) is 0 Å².